The number of rotatable bonds is 5. The Morgan fingerprint density at radius 2 is 2.00 bits per heavy atom. The van der Waals surface area contributed by atoms with Crippen molar-refractivity contribution in [3.63, 3.8) is 0 Å². The number of aryl methyl sites for hydroxylation is 2. The van der Waals surface area contributed by atoms with E-state index in [-0.39, 0.29) is 0 Å². The Morgan fingerprint density at radius 3 is 3.00 bits per heavy atom. The lowest BCUT2D eigenvalue weighted by atomic mass is 10.0. The molecule has 0 radical (unpaired) electrons. The second-order valence-corrected chi connectivity index (χ2v) is 6.98. The number of H-pyrrole nitrogens is 1. The van der Waals surface area contributed by atoms with Crippen LogP contribution in [0.25, 0.3) is 10.9 Å². The normalized spacial score (nSPS) is 12.6. The first-order valence-electron chi connectivity index (χ1n) is 9.35. The number of hydrogen-bond acceptors (Lipinski definition) is 3. The Hall–Kier alpha value is -3.27. The van der Waals surface area contributed by atoms with Gasteiger partial charge in [0.2, 0.25) is 0 Å². The zero-order valence-corrected chi connectivity index (χ0v) is 15.0. The number of hydrogen-bond donors (Lipinski definition) is 1. The number of aliphatic imine (C=N–C) groups is 1. The van der Waals surface area contributed by atoms with Gasteiger partial charge < -0.3 is 4.98 Å². The topological polar surface area (TPSA) is 53.9 Å². The zero-order chi connectivity index (χ0) is 18.1. The maximum Gasteiger partial charge on any atom is 0.132 e. The molecule has 5 rings (SSSR count). The van der Waals surface area contributed by atoms with E-state index >= 15 is 0 Å². The highest BCUT2D eigenvalue weighted by molar-refractivity contribution is 5.83. The summed E-state index contributed by atoms with van der Waals surface area (Å²) in [5, 5.41) is 1.24. The number of fused-ring (bicyclic) bond motifs is 2. The van der Waals surface area contributed by atoms with Gasteiger partial charge in [0.25, 0.3) is 0 Å². The molecule has 0 aliphatic carbocycles. The van der Waals surface area contributed by atoms with Crippen LogP contribution < -0.4 is 0 Å². The van der Waals surface area contributed by atoms with Crippen LogP contribution in [-0.2, 0) is 25.7 Å². The number of aromatic amines is 1. The highest BCUT2D eigenvalue weighted by atomic mass is 14.9. The fourth-order valence-electron chi connectivity index (χ4n) is 3.71. The molecule has 0 amide bonds. The summed E-state index contributed by atoms with van der Waals surface area (Å²) in [5.74, 6) is 0.875. The maximum absolute atomic E-state index is 4.80. The van der Waals surface area contributed by atoms with Crippen molar-refractivity contribution in [3.8, 4) is 0 Å². The first-order chi connectivity index (χ1) is 13.3. The van der Waals surface area contributed by atoms with Crippen LogP contribution in [-0.4, -0.2) is 21.2 Å². The Kier molecular flexibility index (Phi) is 4.02. The molecule has 1 aliphatic heterocycles. The van der Waals surface area contributed by atoms with E-state index in [9.17, 15) is 0 Å². The van der Waals surface area contributed by atoms with E-state index in [1.54, 1.807) is 0 Å². The Morgan fingerprint density at radius 1 is 1.00 bits per heavy atom. The quantitative estimate of drug-likeness (QED) is 0.571. The van der Waals surface area contributed by atoms with Crippen LogP contribution in [0.2, 0.25) is 0 Å². The lowest BCUT2D eigenvalue weighted by Gasteiger charge is -2.07. The smallest absolute Gasteiger partial charge is 0.132 e. The molecule has 0 bridgehead atoms. The molecule has 3 heterocycles. The molecular weight excluding hydrogens is 332 g/mol. The second kappa shape index (κ2) is 6.80. The maximum atomic E-state index is 4.80. The van der Waals surface area contributed by atoms with E-state index in [1.807, 2.05) is 24.7 Å². The molecule has 0 saturated carbocycles. The highest BCUT2D eigenvalue weighted by Crippen LogP contribution is 2.25. The predicted molar refractivity (Wildman–Crippen MR) is 109 cm³/mol. The summed E-state index contributed by atoms with van der Waals surface area (Å²) >= 11 is 0. The molecule has 0 atom stereocenters. The summed E-state index contributed by atoms with van der Waals surface area (Å²) in [7, 11) is 0. The summed E-state index contributed by atoms with van der Waals surface area (Å²) in [5.41, 5.74) is 7.25. The van der Waals surface area contributed by atoms with Gasteiger partial charge in [0, 0.05) is 48.0 Å². The Bertz CT molecular complexity index is 1140. The average molecular weight is 352 g/mol. The van der Waals surface area contributed by atoms with Crippen LogP contribution in [0, 0.1) is 0 Å². The minimum absolute atomic E-state index is 0.747. The molecule has 0 fully saturated rings. The van der Waals surface area contributed by atoms with Crippen molar-refractivity contribution >= 4 is 22.8 Å². The Labute approximate surface area is 158 Å². The van der Waals surface area contributed by atoms with Crippen LogP contribution in [0.15, 0.2) is 65.9 Å². The van der Waals surface area contributed by atoms with Gasteiger partial charge in [0.1, 0.15) is 5.82 Å². The third-order valence-electron chi connectivity index (χ3n) is 5.16. The van der Waals surface area contributed by atoms with Crippen LogP contribution >= 0.6 is 0 Å². The van der Waals surface area contributed by atoms with Crippen molar-refractivity contribution in [2.24, 2.45) is 4.99 Å². The van der Waals surface area contributed by atoms with Crippen molar-refractivity contribution in [3.05, 3.63) is 89.1 Å². The lowest BCUT2D eigenvalue weighted by Crippen LogP contribution is -2.02. The highest BCUT2D eigenvalue weighted by Gasteiger charge is 2.09. The molecule has 1 N–H and O–H groups in total. The average Bonchev–Trinajstić information content (AvgIpc) is 3.36. The minimum atomic E-state index is 0.747. The van der Waals surface area contributed by atoms with Gasteiger partial charge in [-0.2, -0.15) is 0 Å². The van der Waals surface area contributed by atoms with E-state index in [2.05, 4.69) is 57.4 Å². The fraction of sp³-hybridized carbons (Fsp3) is 0.174. The third kappa shape index (κ3) is 3.26. The Balaban J connectivity index is 1.32. The zero-order valence-electron chi connectivity index (χ0n) is 15.0. The third-order valence-corrected chi connectivity index (χ3v) is 5.16. The van der Waals surface area contributed by atoms with E-state index in [0.29, 0.717) is 0 Å². The van der Waals surface area contributed by atoms with Crippen molar-refractivity contribution in [2.45, 2.75) is 25.7 Å². The summed E-state index contributed by atoms with van der Waals surface area (Å²) in [4.78, 5) is 17.0. The van der Waals surface area contributed by atoms with Crippen LogP contribution in [0.3, 0.4) is 0 Å². The van der Waals surface area contributed by atoms with Crippen molar-refractivity contribution in [1.29, 1.82) is 0 Å². The van der Waals surface area contributed by atoms with Crippen LogP contribution in [0.1, 0.15) is 28.2 Å². The van der Waals surface area contributed by atoms with Gasteiger partial charge in [-0.3, -0.25) is 4.99 Å². The summed E-state index contributed by atoms with van der Waals surface area (Å²) < 4.78 is 0. The molecule has 2 aromatic carbocycles. The number of aromatic nitrogens is 3. The largest absolute Gasteiger partial charge is 0.361 e. The van der Waals surface area contributed by atoms with Gasteiger partial charge in [-0.15, -0.1) is 0 Å². The van der Waals surface area contributed by atoms with E-state index < -0.39 is 0 Å². The molecule has 4 aromatic rings. The SMILES string of the molecule is C1=Nc2cc(CCc3ccnc(Cc4cccc5[nH]ccc45)n3)ccc2C1. The number of nitrogens with one attached hydrogen (secondary N) is 1. The summed E-state index contributed by atoms with van der Waals surface area (Å²) in [6, 6.07) is 17.1. The van der Waals surface area contributed by atoms with Crippen molar-refractivity contribution < 1.29 is 0 Å². The number of benzene rings is 2. The van der Waals surface area contributed by atoms with Gasteiger partial charge in [-0.1, -0.05) is 24.3 Å². The molecule has 0 saturated heterocycles. The predicted octanol–water partition coefficient (Wildman–Crippen LogP) is 4.59. The van der Waals surface area contributed by atoms with Gasteiger partial charge in [-0.25, -0.2) is 9.97 Å². The van der Waals surface area contributed by atoms with E-state index in [0.717, 1.165) is 48.4 Å². The fourth-order valence-corrected chi connectivity index (χ4v) is 3.71. The molecular formula is C23H20N4. The lowest BCUT2D eigenvalue weighted by molar-refractivity contribution is 0.860. The van der Waals surface area contributed by atoms with Crippen LogP contribution in [0.4, 0.5) is 5.69 Å². The first kappa shape index (κ1) is 15.9. The standard InChI is InChI=1S/C23H20N4/c1-2-18(20-10-13-24-21(20)3-1)15-23-26-12-9-19(27-23)7-5-16-4-6-17-8-11-25-22(17)14-16/h1-4,6,9-14,24H,5,7-8,15H2. The monoisotopic (exact) mass is 352 g/mol. The van der Waals surface area contributed by atoms with Gasteiger partial charge in [0.05, 0.1) is 5.69 Å². The van der Waals surface area contributed by atoms with Crippen LogP contribution in [0.5, 0.6) is 0 Å². The molecule has 1 aliphatic rings. The first-order valence-corrected chi connectivity index (χ1v) is 9.35. The summed E-state index contributed by atoms with van der Waals surface area (Å²) in [6.07, 6.45) is 9.42. The molecule has 27 heavy (non-hydrogen) atoms. The van der Waals surface area contributed by atoms with Crippen molar-refractivity contribution in [1.82, 2.24) is 15.0 Å². The molecule has 0 spiro atoms. The second-order valence-electron chi connectivity index (χ2n) is 6.98. The number of nitrogens with zero attached hydrogens (tertiary/aromatic N) is 3. The van der Waals surface area contributed by atoms with E-state index in [4.69, 9.17) is 4.98 Å². The molecule has 2 aromatic heterocycles. The molecule has 4 nitrogen and oxygen atoms in total. The molecule has 0 unspecified atom stereocenters. The van der Waals surface area contributed by atoms with E-state index in [1.165, 1.54) is 22.1 Å². The van der Waals surface area contributed by atoms with Gasteiger partial charge in [0.15, 0.2) is 0 Å². The molecule has 132 valence electrons. The summed E-state index contributed by atoms with van der Waals surface area (Å²) in [6.45, 7) is 0. The minimum Gasteiger partial charge on any atom is -0.361 e. The van der Waals surface area contributed by atoms with Gasteiger partial charge in [-0.05, 0) is 53.8 Å². The molecule has 4 heteroatoms. The van der Waals surface area contributed by atoms with Gasteiger partial charge >= 0.3 is 0 Å². The van der Waals surface area contributed by atoms with Crippen molar-refractivity contribution in [2.75, 3.05) is 0 Å².